The van der Waals surface area contributed by atoms with Gasteiger partial charge in [-0.1, -0.05) is 137 Å². The number of rotatable bonds is 17. The van der Waals surface area contributed by atoms with Crippen LogP contribution in [-0.2, 0) is 36.9 Å². The summed E-state index contributed by atoms with van der Waals surface area (Å²) in [6.45, 7) is 2.45. The van der Waals surface area contributed by atoms with Gasteiger partial charge in [0.25, 0.3) is 11.1 Å². The Balaban J connectivity index is 0.000000164. The van der Waals surface area contributed by atoms with Crippen molar-refractivity contribution >= 4 is 70.7 Å². The lowest BCUT2D eigenvalue weighted by Crippen LogP contribution is -2.42. The zero-order valence-corrected chi connectivity index (χ0v) is 51.1. The van der Waals surface area contributed by atoms with Crippen LogP contribution in [0.15, 0.2) is 172 Å². The first-order chi connectivity index (χ1) is 43.6. The van der Waals surface area contributed by atoms with E-state index < -0.39 is 58.9 Å². The number of halogens is 1. The Kier molecular flexibility index (Phi) is 20.9. The first kappa shape index (κ1) is 66.5. The molecule has 5 aromatic carbocycles. The number of amides is 2. The first-order valence-electron chi connectivity index (χ1n) is 28.9. The van der Waals surface area contributed by atoms with E-state index in [2.05, 4.69) is 39.9 Å². The van der Waals surface area contributed by atoms with E-state index in [1.807, 2.05) is 161 Å². The minimum atomic E-state index is -0.818. The van der Waals surface area contributed by atoms with E-state index in [-0.39, 0.29) is 68.3 Å². The van der Waals surface area contributed by atoms with Gasteiger partial charge < -0.3 is 43.3 Å². The number of aromatic amines is 2. The number of nitrogens with one attached hydrogen (secondary N) is 2. The lowest BCUT2D eigenvalue weighted by Gasteiger charge is -2.29. The number of fused-ring (bicyclic) bond motifs is 4. The zero-order valence-electron chi connectivity index (χ0n) is 50.3. The second-order valence-electron chi connectivity index (χ2n) is 22.0. The van der Waals surface area contributed by atoms with E-state index >= 15 is 0 Å². The quantitative estimate of drug-likeness (QED) is 0.0332. The van der Waals surface area contributed by atoms with Crippen molar-refractivity contribution in [3.8, 4) is 11.5 Å². The molecule has 4 saturated heterocycles. The van der Waals surface area contributed by atoms with Crippen LogP contribution in [0.2, 0.25) is 0 Å². The van der Waals surface area contributed by atoms with Crippen LogP contribution in [-0.4, -0.2) is 174 Å². The molecule has 8 atom stereocenters. The van der Waals surface area contributed by atoms with Crippen LogP contribution in [0.3, 0.4) is 0 Å². The van der Waals surface area contributed by atoms with E-state index in [1.54, 1.807) is 63.4 Å². The summed E-state index contributed by atoms with van der Waals surface area (Å²) in [7, 11) is 10.5. The standard InChI is InChI=1S/C22H25N7O4.C21H19ClO2.C21H23N7O5.2CH4/c1-4-14-16-17(33-22(31)28(16)10-13-8-6-5-7-9-13)20(32-14)29-12-23-15-18(29)25-21(26-19(15)30)24-11-27(2)3;1-23-19-12-8-17(9-13-19)21(22,16-6-4-3-5-7-16)18-10-14-20(24-2)15-11-18;1-26(2)10-23-20-24-17-14(18(30)25-20)22-11-28(17)19-16-15(13(9-29)32-19)27(21(31)33-16)8-12-6-4-3-5-7-12;;/h5-9,11-12,14,16-17,20H,4,10H2,1-3H3,(H,25,26,30);3-15H,1-2H3;3-7,10-11,13,15-16,19,29H,8-9H2,1-2H3,(H,24,25,30);2*1H4/t14-,16-,17-,20-;;13-,15-,16-,19-;;/m1.1../s1. The highest BCUT2D eigenvalue weighted by Crippen LogP contribution is 2.45. The molecule has 2 amide bonds. The molecular formula is C66H75ClN14O11. The molecule has 25 nitrogen and oxygen atoms in total. The van der Waals surface area contributed by atoms with Crippen molar-refractivity contribution in [2.75, 3.05) is 49.0 Å². The van der Waals surface area contributed by atoms with Crippen LogP contribution in [0, 0.1) is 0 Å². The molecule has 0 bridgehead atoms. The van der Waals surface area contributed by atoms with Crippen molar-refractivity contribution in [3.63, 3.8) is 0 Å². The summed E-state index contributed by atoms with van der Waals surface area (Å²) in [5, 5.41) is 9.98. The second-order valence-corrected chi connectivity index (χ2v) is 22.5. The summed E-state index contributed by atoms with van der Waals surface area (Å²) >= 11 is 7.22. The van der Waals surface area contributed by atoms with Gasteiger partial charge >= 0.3 is 12.2 Å². The Hall–Kier alpha value is -9.95. The lowest BCUT2D eigenvalue weighted by atomic mass is 9.84. The number of aromatic nitrogens is 8. The number of aliphatic hydroxyl groups excluding tert-OH is 1. The number of aliphatic hydroxyl groups is 1. The van der Waals surface area contributed by atoms with E-state index in [0.717, 1.165) is 39.3 Å². The third-order valence-corrected chi connectivity index (χ3v) is 16.3. The van der Waals surface area contributed by atoms with Crippen molar-refractivity contribution in [1.82, 2.24) is 58.6 Å². The average Bonchev–Trinajstić information content (AvgIpc) is 1.56. The van der Waals surface area contributed by atoms with Gasteiger partial charge in [0.05, 0.1) is 52.3 Å². The van der Waals surface area contributed by atoms with Gasteiger partial charge in [0.1, 0.15) is 34.6 Å². The summed E-state index contributed by atoms with van der Waals surface area (Å²) in [6.07, 6.45) is 2.12. The van der Waals surface area contributed by atoms with Crippen LogP contribution in [0.4, 0.5) is 21.5 Å². The maximum Gasteiger partial charge on any atom is 0.411 e. The first-order valence-corrected chi connectivity index (χ1v) is 29.3. The molecule has 482 valence electrons. The number of ether oxygens (including phenoxy) is 6. The number of alkyl halides is 1. The van der Waals surface area contributed by atoms with E-state index in [0.29, 0.717) is 25.2 Å². The highest BCUT2D eigenvalue weighted by Gasteiger charge is 2.58. The number of carbonyl (C=O) groups is 2. The molecule has 4 aliphatic heterocycles. The number of H-pyrrole nitrogens is 2. The molecule has 4 fully saturated rings. The number of nitrogens with zero attached hydrogens (tertiary/aromatic N) is 12. The van der Waals surface area contributed by atoms with Crippen LogP contribution in [0.5, 0.6) is 11.5 Å². The fourth-order valence-corrected chi connectivity index (χ4v) is 11.7. The Morgan fingerprint density at radius 3 is 1.35 bits per heavy atom. The second kappa shape index (κ2) is 28.9. The Bertz CT molecular complexity index is 3890. The van der Waals surface area contributed by atoms with Gasteiger partial charge in [-0.15, -0.1) is 11.6 Å². The number of imidazole rings is 2. The molecular weight excluding hydrogens is 1200 g/mol. The van der Waals surface area contributed by atoms with Crippen molar-refractivity contribution < 1.29 is 43.1 Å². The molecule has 9 aromatic rings. The summed E-state index contributed by atoms with van der Waals surface area (Å²) < 4.78 is 37.6. The average molecular weight is 1280 g/mol. The number of hydrogen-bond acceptors (Lipinski definition) is 17. The molecule has 4 aromatic heterocycles. The lowest BCUT2D eigenvalue weighted by molar-refractivity contribution is -0.0609. The summed E-state index contributed by atoms with van der Waals surface area (Å²) in [4.78, 5) is 87.3. The van der Waals surface area contributed by atoms with Gasteiger partial charge in [0, 0.05) is 41.3 Å². The predicted octanol–water partition coefficient (Wildman–Crippen LogP) is 9.17. The third-order valence-electron chi connectivity index (χ3n) is 15.6. The fraction of sp³-hybridized carbons (Fsp3) is 0.333. The molecule has 8 heterocycles. The molecule has 3 N–H and O–H groups in total. The SMILES string of the molecule is C.C.CC[C@H]1O[C@@H](n2cnc3c(=O)[nH]c(N=CN(C)C)nc32)[C@@H]2OC(=O)N(Cc3ccccc3)[C@@H]21.CN(C)C=Nc1nc2c(ncn2[C@@H]2O[C@H](CO)[C@@H]3[C@H]2OC(=O)N3Cc2ccccc2)c(=O)[nH]1.COc1ccc(C(Cl)(c2ccccc2)c2ccc(OC)cc2)cc1. The molecule has 13 rings (SSSR count). The minimum Gasteiger partial charge on any atom is -0.497 e. The molecule has 0 aliphatic carbocycles. The maximum atomic E-state index is 12.8. The summed E-state index contributed by atoms with van der Waals surface area (Å²) in [6, 6.07) is 44.3. The number of hydrogen-bond donors (Lipinski definition) is 3. The Morgan fingerprint density at radius 2 is 0.967 bits per heavy atom. The van der Waals surface area contributed by atoms with Gasteiger partial charge in [-0.3, -0.25) is 38.5 Å². The smallest absolute Gasteiger partial charge is 0.411 e. The molecule has 4 aliphatic rings. The van der Waals surface area contributed by atoms with Gasteiger partial charge in [-0.2, -0.15) is 9.97 Å². The fourth-order valence-electron chi connectivity index (χ4n) is 11.4. The predicted molar refractivity (Wildman–Crippen MR) is 349 cm³/mol. The van der Waals surface area contributed by atoms with Crippen LogP contribution in [0.25, 0.3) is 22.3 Å². The van der Waals surface area contributed by atoms with Crippen LogP contribution < -0.4 is 20.6 Å². The Labute approximate surface area is 536 Å². The molecule has 0 saturated carbocycles. The van der Waals surface area contributed by atoms with Gasteiger partial charge in [-0.25, -0.2) is 29.5 Å². The number of methoxy groups -OCH3 is 2. The highest BCUT2D eigenvalue weighted by atomic mass is 35.5. The third kappa shape index (κ3) is 13.6. The van der Waals surface area contributed by atoms with Gasteiger partial charge in [0.15, 0.2) is 47.0 Å². The monoisotopic (exact) mass is 1270 g/mol. The van der Waals surface area contributed by atoms with Crippen LogP contribution >= 0.6 is 11.6 Å². The van der Waals surface area contributed by atoms with Crippen molar-refractivity contribution in [2.24, 2.45) is 9.98 Å². The minimum absolute atomic E-state index is 0. The van der Waals surface area contributed by atoms with Crippen molar-refractivity contribution in [2.45, 2.75) is 95.1 Å². The normalized spacial score (nSPS) is 20.5. The van der Waals surface area contributed by atoms with Crippen molar-refractivity contribution in [1.29, 1.82) is 0 Å². The zero-order chi connectivity index (χ0) is 63.2. The number of carbonyl (C=O) groups excluding carboxylic acids is 2. The van der Waals surface area contributed by atoms with E-state index in [4.69, 9.17) is 40.0 Å². The van der Waals surface area contributed by atoms with E-state index in [9.17, 15) is 24.3 Å². The maximum absolute atomic E-state index is 12.8. The molecule has 0 radical (unpaired) electrons. The summed E-state index contributed by atoms with van der Waals surface area (Å²) in [5.74, 6) is 1.87. The van der Waals surface area contributed by atoms with Gasteiger partial charge in [0.2, 0.25) is 11.9 Å². The largest absolute Gasteiger partial charge is 0.497 e. The molecule has 0 unspecified atom stereocenters. The molecule has 0 spiro atoms. The number of aliphatic imine (C=N–C) groups is 2. The topological polar surface area (TPSA) is 275 Å². The molecule has 26 heteroatoms. The highest BCUT2D eigenvalue weighted by molar-refractivity contribution is 6.28. The Morgan fingerprint density at radius 1 is 0.587 bits per heavy atom. The van der Waals surface area contributed by atoms with E-state index in [1.165, 1.54) is 19.0 Å². The van der Waals surface area contributed by atoms with Crippen molar-refractivity contribution in [3.05, 3.63) is 201 Å². The van der Waals surface area contributed by atoms with Gasteiger partial charge in [-0.05, 0) is 58.5 Å². The summed E-state index contributed by atoms with van der Waals surface area (Å²) in [5.41, 5.74) is 4.92. The molecule has 92 heavy (non-hydrogen) atoms. The van der Waals surface area contributed by atoms with Crippen LogP contribution in [0.1, 0.15) is 68.5 Å². The number of benzene rings is 5.